The number of piperazine rings is 1. The first kappa shape index (κ1) is 19.5. The van der Waals surface area contributed by atoms with Gasteiger partial charge in [0.05, 0.1) is 5.56 Å². The van der Waals surface area contributed by atoms with Crippen LogP contribution < -0.4 is 10.6 Å². The van der Waals surface area contributed by atoms with Gasteiger partial charge in [0, 0.05) is 26.1 Å². The Bertz CT molecular complexity index is 887. The number of nitrogens with one attached hydrogen (secondary N) is 2. The van der Waals surface area contributed by atoms with Crippen molar-refractivity contribution in [3.05, 3.63) is 71.3 Å². The molecule has 28 heavy (non-hydrogen) atoms. The Morgan fingerprint density at radius 1 is 1.11 bits per heavy atom. The van der Waals surface area contributed by atoms with Gasteiger partial charge in [0.2, 0.25) is 11.8 Å². The molecule has 146 valence electrons. The zero-order chi connectivity index (χ0) is 20.1. The number of amides is 3. The third-order valence-corrected chi connectivity index (χ3v) is 4.46. The first-order chi connectivity index (χ1) is 13.5. The second kappa shape index (κ2) is 8.60. The fourth-order valence-electron chi connectivity index (χ4n) is 3.08. The summed E-state index contributed by atoms with van der Waals surface area (Å²) in [7, 11) is 0. The quantitative estimate of drug-likeness (QED) is 0.821. The van der Waals surface area contributed by atoms with Crippen molar-refractivity contribution in [1.29, 1.82) is 0 Å². The van der Waals surface area contributed by atoms with Gasteiger partial charge in [-0.05, 0) is 29.8 Å². The van der Waals surface area contributed by atoms with Crippen molar-refractivity contribution < 1.29 is 23.2 Å². The number of hydrogen-bond acceptors (Lipinski definition) is 3. The lowest BCUT2D eigenvalue weighted by Gasteiger charge is -2.35. The minimum atomic E-state index is -0.857. The fourth-order valence-corrected chi connectivity index (χ4v) is 3.08. The van der Waals surface area contributed by atoms with E-state index in [1.165, 1.54) is 47.4 Å². The van der Waals surface area contributed by atoms with Crippen LogP contribution in [0.2, 0.25) is 0 Å². The molecular formula is C20H19F2N3O3. The highest BCUT2D eigenvalue weighted by atomic mass is 19.1. The Hall–Kier alpha value is -3.29. The number of carbonyl (C=O) groups excluding carboxylic acids is 3. The van der Waals surface area contributed by atoms with Crippen molar-refractivity contribution in [3.8, 4) is 0 Å². The van der Waals surface area contributed by atoms with Crippen molar-refractivity contribution in [2.24, 2.45) is 0 Å². The summed E-state index contributed by atoms with van der Waals surface area (Å²) in [5.41, 5.74) is 0.402. The van der Waals surface area contributed by atoms with Crippen LogP contribution in [0, 0.1) is 11.6 Å². The molecule has 2 N–H and O–H groups in total. The number of rotatable bonds is 5. The van der Waals surface area contributed by atoms with E-state index in [0.717, 1.165) is 0 Å². The molecule has 3 rings (SSSR count). The molecule has 2 aromatic rings. The van der Waals surface area contributed by atoms with Gasteiger partial charge in [-0.25, -0.2) is 8.78 Å². The highest BCUT2D eigenvalue weighted by Crippen LogP contribution is 2.24. The minimum absolute atomic E-state index is 0.000256. The third-order valence-electron chi connectivity index (χ3n) is 4.46. The molecule has 1 aliphatic heterocycles. The van der Waals surface area contributed by atoms with Gasteiger partial charge in [-0.2, -0.15) is 0 Å². The van der Waals surface area contributed by atoms with Gasteiger partial charge in [-0.3, -0.25) is 14.4 Å². The summed E-state index contributed by atoms with van der Waals surface area (Å²) in [5, 5.41) is 5.20. The summed E-state index contributed by atoms with van der Waals surface area (Å²) < 4.78 is 26.8. The molecule has 3 amide bonds. The highest BCUT2D eigenvalue weighted by molar-refractivity contribution is 5.95. The Kier molecular flexibility index (Phi) is 5.98. The molecule has 0 spiro atoms. The van der Waals surface area contributed by atoms with Crippen LogP contribution in [-0.4, -0.2) is 42.3 Å². The second-order valence-electron chi connectivity index (χ2n) is 6.32. The van der Waals surface area contributed by atoms with E-state index in [1.54, 1.807) is 6.07 Å². The van der Waals surface area contributed by atoms with Gasteiger partial charge in [-0.15, -0.1) is 0 Å². The lowest BCUT2D eigenvalue weighted by molar-refractivity contribution is -0.143. The Morgan fingerprint density at radius 2 is 1.82 bits per heavy atom. The molecule has 0 bridgehead atoms. The predicted octanol–water partition coefficient (Wildman–Crippen LogP) is 1.78. The minimum Gasteiger partial charge on any atom is -0.352 e. The maximum absolute atomic E-state index is 13.6. The summed E-state index contributed by atoms with van der Waals surface area (Å²) in [6.45, 7) is 0.609. The molecule has 1 saturated heterocycles. The van der Waals surface area contributed by atoms with Crippen LogP contribution >= 0.6 is 0 Å². The molecule has 0 aromatic heterocycles. The van der Waals surface area contributed by atoms with Crippen LogP contribution in [0.5, 0.6) is 0 Å². The Morgan fingerprint density at radius 3 is 2.54 bits per heavy atom. The van der Waals surface area contributed by atoms with E-state index in [4.69, 9.17) is 0 Å². The smallest absolute Gasteiger partial charge is 0.254 e. The van der Waals surface area contributed by atoms with Crippen molar-refractivity contribution in [2.75, 3.05) is 19.6 Å². The number of benzene rings is 2. The monoisotopic (exact) mass is 387 g/mol. The first-order valence-electron chi connectivity index (χ1n) is 8.83. The van der Waals surface area contributed by atoms with Crippen LogP contribution in [0.15, 0.2) is 48.5 Å². The van der Waals surface area contributed by atoms with Crippen molar-refractivity contribution in [2.45, 2.75) is 12.5 Å². The normalized spacial score (nSPS) is 16.4. The Balaban J connectivity index is 1.63. The van der Waals surface area contributed by atoms with Gasteiger partial charge < -0.3 is 15.5 Å². The van der Waals surface area contributed by atoms with E-state index in [2.05, 4.69) is 10.6 Å². The third kappa shape index (κ3) is 4.33. The van der Waals surface area contributed by atoms with E-state index in [0.29, 0.717) is 18.7 Å². The molecule has 0 aliphatic carbocycles. The van der Waals surface area contributed by atoms with Gasteiger partial charge >= 0.3 is 0 Å². The van der Waals surface area contributed by atoms with E-state index < -0.39 is 23.6 Å². The maximum Gasteiger partial charge on any atom is 0.254 e. The SMILES string of the molecule is O=C(NCCC(=O)N1CCNC(=O)[C@H]1c1ccc(F)cc1)c1ccccc1F. The fraction of sp³-hybridized carbons (Fsp3) is 0.250. The first-order valence-corrected chi connectivity index (χ1v) is 8.83. The number of carbonyl (C=O) groups is 3. The summed E-state index contributed by atoms with van der Waals surface area (Å²) in [6, 6.07) is 10.1. The summed E-state index contributed by atoms with van der Waals surface area (Å²) in [5.74, 6) is -2.37. The zero-order valence-electron chi connectivity index (χ0n) is 15.0. The molecule has 0 radical (unpaired) electrons. The number of halogens is 2. The predicted molar refractivity (Wildman–Crippen MR) is 97.2 cm³/mol. The van der Waals surface area contributed by atoms with Crippen LogP contribution in [0.1, 0.15) is 28.4 Å². The molecule has 0 unspecified atom stereocenters. The van der Waals surface area contributed by atoms with Gasteiger partial charge in [-0.1, -0.05) is 24.3 Å². The van der Waals surface area contributed by atoms with Gasteiger partial charge in [0.25, 0.3) is 5.91 Å². The van der Waals surface area contributed by atoms with E-state index in [9.17, 15) is 23.2 Å². The molecule has 8 heteroatoms. The molecular weight excluding hydrogens is 368 g/mol. The van der Waals surface area contributed by atoms with Crippen LogP contribution in [0.25, 0.3) is 0 Å². The van der Waals surface area contributed by atoms with E-state index in [-0.39, 0.29) is 30.3 Å². The highest BCUT2D eigenvalue weighted by Gasteiger charge is 2.34. The maximum atomic E-state index is 13.6. The van der Waals surface area contributed by atoms with Crippen LogP contribution in [0.4, 0.5) is 8.78 Å². The molecule has 1 fully saturated rings. The number of nitrogens with zero attached hydrogens (tertiary/aromatic N) is 1. The van der Waals surface area contributed by atoms with Crippen LogP contribution in [-0.2, 0) is 9.59 Å². The van der Waals surface area contributed by atoms with E-state index >= 15 is 0 Å². The molecule has 6 nitrogen and oxygen atoms in total. The molecule has 1 atom stereocenters. The Labute approximate surface area is 160 Å². The lowest BCUT2D eigenvalue weighted by Crippen LogP contribution is -2.52. The topological polar surface area (TPSA) is 78.5 Å². The van der Waals surface area contributed by atoms with Crippen molar-refractivity contribution in [1.82, 2.24) is 15.5 Å². The summed E-state index contributed by atoms with van der Waals surface area (Å²) in [4.78, 5) is 38.3. The van der Waals surface area contributed by atoms with Crippen LogP contribution in [0.3, 0.4) is 0 Å². The van der Waals surface area contributed by atoms with Crippen molar-refractivity contribution in [3.63, 3.8) is 0 Å². The average Bonchev–Trinajstić information content (AvgIpc) is 2.69. The largest absolute Gasteiger partial charge is 0.352 e. The lowest BCUT2D eigenvalue weighted by atomic mass is 10.0. The zero-order valence-corrected chi connectivity index (χ0v) is 15.0. The molecule has 1 heterocycles. The van der Waals surface area contributed by atoms with Gasteiger partial charge in [0.1, 0.15) is 17.7 Å². The molecule has 0 saturated carbocycles. The molecule has 2 aromatic carbocycles. The molecule has 1 aliphatic rings. The summed E-state index contributed by atoms with van der Waals surface area (Å²) in [6.07, 6.45) is -0.0504. The average molecular weight is 387 g/mol. The summed E-state index contributed by atoms with van der Waals surface area (Å²) >= 11 is 0. The van der Waals surface area contributed by atoms with Gasteiger partial charge in [0.15, 0.2) is 0 Å². The van der Waals surface area contributed by atoms with Crippen molar-refractivity contribution >= 4 is 17.7 Å². The number of hydrogen-bond donors (Lipinski definition) is 2. The van der Waals surface area contributed by atoms with E-state index in [1.807, 2.05) is 0 Å². The second-order valence-corrected chi connectivity index (χ2v) is 6.32. The standard InChI is InChI=1S/C20H19F2N3O3/c21-14-7-5-13(6-8-14)18-20(28)24-11-12-25(18)17(26)9-10-23-19(27)15-3-1-2-4-16(15)22/h1-8,18H,9-12H2,(H,23,27)(H,24,28)/t18-/m1/s1.